The first-order valence-corrected chi connectivity index (χ1v) is 9.77. The van der Waals surface area contributed by atoms with Crippen molar-refractivity contribution in [3.63, 3.8) is 0 Å². The molecule has 1 saturated carbocycles. The summed E-state index contributed by atoms with van der Waals surface area (Å²) in [6.45, 7) is 2.11. The minimum atomic E-state index is 0.584. The fraction of sp³-hybridized carbons (Fsp3) is 0.550. The van der Waals surface area contributed by atoms with Gasteiger partial charge in [-0.15, -0.1) is 0 Å². The summed E-state index contributed by atoms with van der Waals surface area (Å²) in [5.74, 6) is 0. The van der Waals surface area contributed by atoms with Gasteiger partial charge in [0.05, 0.1) is 11.7 Å². The highest BCUT2D eigenvalue weighted by Crippen LogP contribution is 2.34. The maximum atomic E-state index is 6.08. The zero-order chi connectivity index (χ0) is 16.4. The van der Waals surface area contributed by atoms with E-state index in [-0.39, 0.29) is 0 Å². The molecule has 1 aliphatic carbocycles. The largest absolute Gasteiger partial charge is 0.316 e. The molecule has 1 fully saturated rings. The lowest BCUT2D eigenvalue weighted by Gasteiger charge is -2.18. The van der Waals surface area contributed by atoms with Crippen molar-refractivity contribution in [2.45, 2.75) is 57.4 Å². The van der Waals surface area contributed by atoms with Crippen molar-refractivity contribution in [1.29, 1.82) is 0 Å². The van der Waals surface area contributed by atoms with E-state index in [0.29, 0.717) is 6.04 Å². The highest BCUT2D eigenvalue weighted by Gasteiger charge is 2.25. The maximum absolute atomic E-state index is 6.08. The Morgan fingerprint density at radius 3 is 2.42 bits per heavy atom. The van der Waals surface area contributed by atoms with Gasteiger partial charge in [-0.25, -0.2) is 0 Å². The SMILES string of the molecule is Clc1ccc(-c2nn(C3CCCCCC3)c3c2CCNCC3)cc1. The molecule has 0 radical (unpaired) electrons. The van der Waals surface area contributed by atoms with Crippen molar-refractivity contribution in [3.8, 4) is 11.3 Å². The standard InChI is InChI=1S/C20H26ClN3/c21-16-9-7-15(8-10-16)20-18-11-13-22-14-12-19(18)24(23-20)17-5-3-1-2-4-6-17/h7-10,17,22H,1-6,11-14H2. The molecule has 3 nitrogen and oxygen atoms in total. The minimum absolute atomic E-state index is 0.584. The molecule has 1 aliphatic heterocycles. The molecule has 2 aromatic rings. The third-order valence-electron chi connectivity index (χ3n) is 5.50. The van der Waals surface area contributed by atoms with Crippen molar-refractivity contribution >= 4 is 11.6 Å². The second-order valence-electron chi connectivity index (χ2n) is 7.12. The number of fused-ring (bicyclic) bond motifs is 1. The molecule has 24 heavy (non-hydrogen) atoms. The lowest BCUT2D eigenvalue weighted by atomic mass is 10.0. The summed E-state index contributed by atoms with van der Waals surface area (Å²) in [4.78, 5) is 0. The molecule has 128 valence electrons. The van der Waals surface area contributed by atoms with Crippen LogP contribution in [0, 0.1) is 0 Å². The van der Waals surface area contributed by atoms with Crippen LogP contribution in [-0.2, 0) is 12.8 Å². The summed E-state index contributed by atoms with van der Waals surface area (Å²) in [7, 11) is 0. The lowest BCUT2D eigenvalue weighted by molar-refractivity contribution is 0.393. The first-order chi connectivity index (χ1) is 11.8. The molecule has 2 aliphatic rings. The van der Waals surface area contributed by atoms with Crippen molar-refractivity contribution in [2.24, 2.45) is 0 Å². The number of rotatable bonds is 2. The number of benzene rings is 1. The molecule has 0 amide bonds. The summed E-state index contributed by atoms with van der Waals surface area (Å²) in [5, 5.41) is 9.48. The van der Waals surface area contributed by atoms with Gasteiger partial charge in [-0.3, -0.25) is 4.68 Å². The second kappa shape index (κ2) is 7.28. The van der Waals surface area contributed by atoms with Crippen molar-refractivity contribution in [1.82, 2.24) is 15.1 Å². The van der Waals surface area contributed by atoms with Gasteiger partial charge in [0.15, 0.2) is 0 Å². The first-order valence-electron chi connectivity index (χ1n) is 9.40. The number of hydrogen-bond donors (Lipinski definition) is 1. The summed E-state index contributed by atoms with van der Waals surface area (Å²) in [6.07, 6.45) is 10.2. The first kappa shape index (κ1) is 16.2. The Kier molecular flexibility index (Phi) is 4.91. The van der Waals surface area contributed by atoms with Crippen LogP contribution in [0.4, 0.5) is 0 Å². The van der Waals surface area contributed by atoms with E-state index in [1.807, 2.05) is 12.1 Å². The van der Waals surface area contributed by atoms with E-state index < -0.39 is 0 Å². The van der Waals surface area contributed by atoms with E-state index in [1.54, 1.807) is 0 Å². The quantitative estimate of drug-likeness (QED) is 0.795. The van der Waals surface area contributed by atoms with Gasteiger partial charge in [0, 0.05) is 34.8 Å². The smallest absolute Gasteiger partial charge is 0.0958 e. The van der Waals surface area contributed by atoms with Gasteiger partial charge in [0.25, 0.3) is 0 Å². The highest BCUT2D eigenvalue weighted by molar-refractivity contribution is 6.30. The third-order valence-corrected chi connectivity index (χ3v) is 5.75. The maximum Gasteiger partial charge on any atom is 0.0958 e. The number of halogens is 1. The monoisotopic (exact) mass is 343 g/mol. The zero-order valence-electron chi connectivity index (χ0n) is 14.2. The predicted octanol–water partition coefficient (Wildman–Crippen LogP) is 4.79. The summed E-state index contributed by atoms with van der Waals surface area (Å²) >= 11 is 6.08. The van der Waals surface area contributed by atoms with Crippen molar-refractivity contribution < 1.29 is 0 Å². The Labute approximate surface area is 149 Å². The van der Waals surface area contributed by atoms with E-state index in [9.17, 15) is 0 Å². The molecule has 0 saturated heterocycles. The fourth-order valence-corrected chi connectivity index (χ4v) is 4.35. The van der Waals surface area contributed by atoms with Gasteiger partial charge in [-0.2, -0.15) is 5.10 Å². The van der Waals surface area contributed by atoms with Crippen molar-refractivity contribution in [2.75, 3.05) is 13.1 Å². The van der Waals surface area contributed by atoms with Gasteiger partial charge in [0.1, 0.15) is 0 Å². The molecule has 0 spiro atoms. The van der Waals surface area contributed by atoms with Crippen molar-refractivity contribution in [3.05, 3.63) is 40.5 Å². The molecular formula is C20H26ClN3. The van der Waals surface area contributed by atoms with E-state index in [1.165, 1.54) is 61.0 Å². The molecular weight excluding hydrogens is 318 g/mol. The van der Waals surface area contributed by atoms with Gasteiger partial charge in [-0.05, 0) is 37.9 Å². The molecule has 4 heteroatoms. The van der Waals surface area contributed by atoms with Crippen LogP contribution in [0.1, 0.15) is 55.8 Å². The Bertz CT molecular complexity index is 682. The van der Waals surface area contributed by atoms with Gasteiger partial charge in [0.2, 0.25) is 0 Å². The highest BCUT2D eigenvalue weighted by atomic mass is 35.5. The Balaban J connectivity index is 1.77. The van der Waals surface area contributed by atoms with E-state index in [0.717, 1.165) is 31.0 Å². The molecule has 0 unspecified atom stereocenters. The Morgan fingerprint density at radius 1 is 0.958 bits per heavy atom. The van der Waals surface area contributed by atoms with Crippen LogP contribution < -0.4 is 5.32 Å². The number of hydrogen-bond acceptors (Lipinski definition) is 2. The Hall–Kier alpha value is -1.32. The summed E-state index contributed by atoms with van der Waals surface area (Å²) < 4.78 is 2.40. The molecule has 1 N–H and O–H groups in total. The fourth-order valence-electron chi connectivity index (χ4n) is 4.22. The van der Waals surface area contributed by atoms with E-state index in [2.05, 4.69) is 22.1 Å². The topological polar surface area (TPSA) is 29.9 Å². The van der Waals surface area contributed by atoms with Crippen LogP contribution >= 0.6 is 11.6 Å². The Morgan fingerprint density at radius 2 is 1.67 bits per heavy atom. The van der Waals surface area contributed by atoms with E-state index >= 15 is 0 Å². The molecule has 0 bridgehead atoms. The van der Waals surface area contributed by atoms with Gasteiger partial charge < -0.3 is 5.32 Å². The molecule has 0 atom stereocenters. The third kappa shape index (κ3) is 3.25. The number of aromatic nitrogens is 2. The van der Waals surface area contributed by atoms with E-state index in [4.69, 9.17) is 16.7 Å². The van der Waals surface area contributed by atoms with Crippen LogP contribution in [0.25, 0.3) is 11.3 Å². The second-order valence-corrected chi connectivity index (χ2v) is 7.56. The minimum Gasteiger partial charge on any atom is -0.316 e. The average Bonchev–Trinajstić information content (AvgIpc) is 2.84. The van der Waals surface area contributed by atoms with Crippen LogP contribution in [0.15, 0.2) is 24.3 Å². The molecule has 2 heterocycles. The molecule has 1 aromatic heterocycles. The normalized spacial score (nSPS) is 19.5. The van der Waals surface area contributed by atoms with Gasteiger partial charge in [-0.1, -0.05) is 49.4 Å². The van der Waals surface area contributed by atoms with Crippen LogP contribution in [0.3, 0.4) is 0 Å². The molecule has 1 aromatic carbocycles. The van der Waals surface area contributed by atoms with Crippen LogP contribution in [0.5, 0.6) is 0 Å². The summed E-state index contributed by atoms with van der Waals surface area (Å²) in [6, 6.07) is 8.76. The zero-order valence-corrected chi connectivity index (χ0v) is 15.0. The van der Waals surface area contributed by atoms with Crippen LogP contribution in [-0.4, -0.2) is 22.9 Å². The average molecular weight is 344 g/mol. The number of nitrogens with one attached hydrogen (secondary N) is 1. The lowest BCUT2D eigenvalue weighted by Crippen LogP contribution is -2.19. The number of nitrogens with zero attached hydrogens (tertiary/aromatic N) is 2. The predicted molar refractivity (Wildman–Crippen MR) is 99.7 cm³/mol. The van der Waals surface area contributed by atoms with Gasteiger partial charge >= 0.3 is 0 Å². The van der Waals surface area contributed by atoms with Crippen LogP contribution in [0.2, 0.25) is 5.02 Å². The molecule has 4 rings (SSSR count). The summed E-state index contributed by atoms with van der Waals surface area (Å²) in [5.41, 5.74) is 5.29.